The van der Waals surface area contributed by atoms with E-state index >= 15 is 0 Å². The number of amidine groups is 1. The normalized spacial score (nSPS) is 21.9. The molecule has 112 valence electrons. The molecule has 3 rings (SSSR count). The van der Waals surface area contributed by atoms with Gasteiger partial charge in [-0.25, -0.2) is 4.79 Å². The number of ether oxygens (including phenoxy) is 1. The molecule has 2 aliphatic rings. The summed E-state index contributed by atoms with van der Waals surface area (Å²) in [4.78, 5) is 17.7. The summed E-state index contributed by atoms with van der Waals surface area (Å²) in [7, 11) is 0. The zero-order valence-electron chi connectivity index (χ0n) is 12.5. The summed E-state index contributed by atoms with van der Waals surface area (Å²) in [5.74, 6) is 1.77. The molecule has 0 aromatic heterocycles. The van der Waals surface area contributed by atoms with Crippen molar-refractivity contribution in [1.29, 1.82) is 0 Å². The van der Waals surface area contributed by atoms with Crippen LogP contribution in [-0.4, -0.2) is 29.4 Å². The van der Waals surface area contributed by atoms with Crippen molar-refractivity contribution in [2.45, 2.75) is 38.8 Å². The minimum absolute atomic E-state index is 0.110. The van der Waals surface area contributed by atoms with Crippen LogP contribution < -0.4 is 10.5 Å². The quantitative estimate of drug-likeness (QED) is 0.905. The number of hydrogen-bond acceptors (Lipinski definition) is 3. The van der Waals surface area contributed by atoms with Crippen molar-refractivity contribution in [3.05, 3.63) is 29.8 Å². The van der Waals surface area contributed by atoms with Crippen molar-refractivity contribution in [2.24, 2.45) is 16.6 Å². The lowest BCUT2D eigenvalue weighted by molar-refractivity contribution is 0.203. The fraction of sp³-hybridized carbons (Fsp3) is 0.500. The van der Waals surface area contributed by atoms with E-state index in [2.05, 4.69) is 4.99 Å². The van der Waals surface area contributed by atoms with Gasteiger partial charge in [0.05, 0.1) is 6.10 Å². The van der Waals surface area contributed by atoms with Gasteiger partial charge in [-0.3, -0.25) is 0 Å². The smallest absolute Gasteiger partial charge is 0.346 e. The number of carbonyl (C=O) groups excluding carboxylic acids is 1. The van der Waals surface area contributed by atoms with Gasteiger partial charge in [-0.2, -0.15) is 4.99 Å². The second-order valence-electron chi connectivity index (χ2n) is 6.06. The van der Waals surface area contributed by atoms with Crippen molar-refractivity contribution in [1.82, 2.24) is 4.90 Å². The van der Waals surface area contributed by atoms with Crippen molar-refractivity contribution in [3.8, 4) is 5.75 Å². The summed E-state index contributed by atoms with van der Waals surface area (Å²) in [6.45, 7) is 4.71. The molecule has 1 saturated carbocycles. The Hall–Kier alpha value is -2.04. The van der Waals surface area contributed by atoms with Crippen LogP contribution in [0.5, 0.6) is 5.75 Å². The molecular weight excluding hydrogens is 266 g/mol. The van der Waals surface area contributed by atoms with Gasteiger partial charge in [0.1, 0.15) is 17.6 Å². The van der Waals surface area contributed by atoms with Crippen molar-refractivity contribution >= 4 is 11.9 Å². The molecule has 5 heteroatoms. The topological polar surface area (TPSA) is 67.9 Å². The molecule has 5 nitrogen and oxygen atoms in total. The van der Waals surface area contributed by atoms with Crippen LogP contribution in [-0.2, 0) is 0 Å². The molecule has 21 heavy (non-hydrogen) atoms. The maximum Gasteiger partial charge on any atom is 0.346 e. The van der Waals surface area contributed by atoms with Crippen LogP contribution >= 0.6 is 0 Å². The molecule has 1 atom stereocenters. The number of nitrogens with two attached hydrogens (primary N) is 1. The van der Waals surface area contributed by atoms with E-state index < -0.39 is 0 Å². The van der Waals surface area contributed by atoms with Crippen LogP contribution in [0.4, 0.5) is 4.79 Å². The highest BCUT2D eigenvalue weighted by molar-refractivity contribution is 6.03. The van der Waals surface area contributed by atoms with Gasteiger partial charge < -0.3 is 15.4 Å². The number of carbonyl (C=O) groups is 1. The first-order chi connectivity index (χ1) is 10.0. The molecule has 2 N–H and O–H groups in total. The van der Waals surface area contributed by atoms with Crippen LogP contribution in [0.25, 0.3) is 0 Å². The summed E-state index contributed by atoms with van der Waals surface area (Å²) in [6, 6.07) is 7.29. The van der Waals surface area contributed by atoms with Gasteiger partial charge in [-0.15, -0.1) is 0 Å². The van der Waals surface area contributed by atoms with Gasteiger partial charge in [0.2, 0.25) is 0 Å². The van der Waals surface area contributed by atoms with E-state index in [-0.39, 0.29) is 18.2 Å². The Morgan fingerprint density at radius 3 is 2.86 bits per heavy atom. The minimum atomic E-state index is -0.256. The highest BCUT2D eigenvalue weighted by atomic mass is 16.5. The second kappa shape index (κ2) is 5.39. The minimum Gasteiger partial charge on any atom is -0.491 e. The Morgan fingerprint density at radius 1 is 1.43 bits per heavy atom. The van der Waals surface area contributed by atoms with Crippen molar-refractivity contribution < 1.29 is 9.53 Å². The summed E-state index contributed by atoms with van der Waals surface area (Å²) in [5.41, 5.74) is 6.95. The predicted molar refractivity (Wildman–Crippen MR) is 81.4 cm³/mol. The molecule has 0 bridgehead atoms. The molecule has 0 saturated heterocycles. The SMILES string of the molecule is CC(C)Oc1cccc(C2C(N)=NC(=O)N2CC2CC2)c1. The van der Waals surface area contributed by atoms with Crippen LogP contribution in [0.1, 0.15) is 38.3 Å². The van der Waals surface area contributed by atoms with E-state index in [0.717, 1.165) is 17.9 Å². The maximum absolute atomic E-state index is 12.0. The highest BCUT2D eigenvalue weighted by Crippen LogP contribution is 2.36. The third kappa shape index (κ3) is 3.01. The van der Waals surface area contributed by atoms with E-state index in [1.165, 1.54) is 12.8 Å². The standard InChI is InChI=1S/C16H21N3O2/c1-10(2)21-13-5-3-4-12(8-13)14-15(17)18-16(20)19(14)9-11-6-7-11/h3-5,8,10-11,14H,6-7,9H2,1-2H3,(H2,17,18,20). The van der Waals surface area contributed by atoms with Gasteiger partial charge >= 0.3 is 6.03 Å². The number of benzene rings is 1. The number of urea groups is 1. The van der Waals surface area contributed by atoms with Gasteiger partial charge in [0.25, 0.3) is 0 Å². The van der Waals surface area contributed by atoms with E-state index in [0.29, 0.717) is 11.8 Å². The van der Waals surface area contributed by atoms with E-state index in [9.17, 15) is 4.79 Å². The number of aliphatic imine (C=N–C) groups is 1. The number of nitrogens with zero attached hydrogens (tertiary/aromatic N) is 2. The maximum atomic E-state index is 12.0. The zero-order valence-corrected chi connectivity index (χ0v) is 12.5. The second-order valence-corrected chi connectivity index (χ2v) is 6.06. The largest absolute Gasteiger partial charge is 0.491 e. The number of rotatable bonds is 5. The molecule has 2 amide bonds. The molecule has 0 radical (unpaired) electrons. The molecule has 1 unspecified atom stereocenters. The Labute approximate surface area is 124 Å². The molecule has 1 aromatic rings. The molecule has 1 heterocycles. The number of hydrogen-bond donors (Lipinski definition) is 1. The Kier molecular flexibility index (Phi) is 3.57. The van der Waals surface area contributed by atoms with E-state index in [1.807, 2.05) is 38.1 Å². The molecule has 1 aliphatic heterocycles. The van der Waals surface area contributed by atoms with Gasteiger partial charge in [-0.05, 0) is 50.3 Å². The molecular formula is C16H21N3O2. The highest BCUT2D eigenvalue weighted by Gasteiger charge is 2.38. The first-order valence-electron chi connectivity index (χ1n) is 7.46. The lowest BCUT2D eigenvalue weighted by atomic mass is 10.0. The first kappa shape index (κ1) is 13.9. The molecule has 1 aliphatic carbocycles. The predicted octanol–water partition coefficient (Wildman–Crippen LogP) is 2.72. The summed E-state index contributed by atoms with van der Waals surface area (Å²) >= 11 is 0. The molecule has 1 aromatic carbocycles. The third-order valence-electron chi connectivity index (χ3n) is 3.76. The Balaban J connectivity index is 1.85. The Morgan fingerprint density at radius 2 is 2.19 bits per heavy atom. The van der Waals surface area contributed by atoms with E-state index in [1.54, 1.807) is 4.90 Å². The first-order valence-corrected chi connectivity index (χ1v) is 7.46. The average molecular weight is 287 g/mol. The summed E-state index contributed by atoms with van der Waals surface area (Å²) in [5, 5.41) is 0. The van der Waals surface area contributed by atoms with E-state index in [4.69, 9.17) is 10.5 Å². The fourth-order valence-corrected chi connectivity index (χ4v) is 2.65. The van der Waals surface area contributed by atoms with Crippen LogP contribution in [0, 0.1) is 5.92 Å². The number of amides is 2. The lowest BCUT2D eigenvalue weighted by Gasteiger charge is -2.25. The van der Waals surface area contributed by atoms with Crippen LogP contribution in [0.2, 0.25) is 0 Å². The summed E-state index contributed by atoms with van der Waals surface area (Å²) in [6.07, 6.45) is 2.49. The van der Waals surface area contributed by atoms with Crippen molar-refractivity contribution in [3.63, 3.8) is 0 Å². The average Bonchev–Trinajstić information content (AvgIpc) is 3.16. The monoisotopic (exact) mass is 287 g/mol. The van der Waals surface area contributed by atoms with Gasteiger partial charge in [0.15, 0.2) is 0 Å². The van der Waals surface area contributed by atoms with Crippen LogP contribution in [0.3, 0.4) is 0 Å². The van der Waals surface area contributed by atoms with Gasteiger partial charge in [0, 0.05) is 6.54 Å². The molecule has 0 spiro atoms. The lowest BCUT2D eigenvalue weighted by Crippen LogP contribution is -2.34. The van der Waals surface area contributed by atoms with Crippen molar-refractivity contribution in [2.75, 3.05) is 6.54 Å². The molecule has 1 fully saturated rings. The third-order valence-corrected chi connectivity index (χ3v) is 3.76. The van der Waals surface area contributed by atoms with Gasteiger partial charge in [-0.1, -0.05) is 12.1 Å². The fourth-order valence-electron chi connectivity index (χ4n) is 2.65. The van der Waals surface area contributed by atoms with Crippen LogP contribution in [0.15, 0.2) is 29.3 Å². The zero-order chi connectivity index (χ0) is 15.0. The Bertz CT molecular complexity index is 579. The summed E-state index contributed by atoms with van der Waals surface area (Å²) < 4.78 is 5.72.